The molecule has 1 saturated carbocycles. The monoisotopic (exact) mass is 481 g/mol. The number of ether oxygens (including phenoxy) is 3. The van der Waals surface area contributed by atoms with Crippen molar-refractivity contribution >= 4 is 6.09 Å². The van der Waals surface area contributed by atoms with E-state index < -0.39 is 0 Å². The fourth-order valence-corrected chi connectivity index (χ4v) is 6.25. The van der Waals surface area contributed by atoms with E-state index in [2.05, 4.69) is 46.2 Å². The zero-order valence-electron chi connectivity index (χ0n) is 20.9. The van der Waals surface area contributed by atoms with Crippen LogP contribution in [0.1, 0.15) is 87.1 Å². The molecule has 1 aliphatic carbocycles. The second-order valence-electron chi connectivity index (χ2n) is 10.2. The van der Waals surface area contributed by atoms with Crippen LogP contribution in [0, 0.1) is 0 Å². The Labute approximate surface area is 208 Å². The number of piperidine rings is 1. The molecule has 1 amide bonds. The van der Waals surface area contributed by atoms with Gasteiger partial charge in [0.15, 0.2) is 0 Å². The third kappa shape index (κ3) is 5.56. The van der Waals surface area contributed by atoms with Gasteiger partial charge in [-0.25, -0.2) is 9.48 Å². The molecular formula is C28H39N3O4. The molecule has 3 heterocycles. The van der Waals surface area contributed by atoms with E-state index in [-0.39, 0.29) is 30.4 Å². The van der Waals surface area contributed by atoms with Crippen molar-refractivity contribution < 1.29 is 19.0 Å². The van der Waals surface area contributed by atoms with Crippen molar-refractivity contribution in [3.8, 4) is 0 Å². The van der Waals surface area contributed by atoms with Gasteiger partial charge in [-0.15, -0.1) is 0 Å². The minimum atomic E-state index is -0.268. The maximum absolute atomic E-state index is 12.7. The summed E-state index contributed by atoms with van der Waals surface area (Å²) in [5, 5.41) is 4.64. The van der Waals surface area contributed by atoms with Crippen molar-refractivity contribution in [1.82, 2.24) is 14.7 Å². The zero-order valence-corrected chi connectivity index (χ0v) is 20.9. The zero-order chi connectivity index (χ0) is 24.0. The molecule has 2 aromatic rings. The number of amides is 1. The van der Waals surface area contributed by atoms with Crippen LogP contribution in [-0.4, -0.2) is 59.8 Å². The van der Waals surface area contributed by atoms with Gasteiger partial charge in [-0.3, -0.25) is 0 Å². The highest BCUT2D eigenvalue weighted by molar-refractivity contribution is 5.68. The predicted molar refractivity (Wildman–Crippen MR) is 133 cm³/mol. The first-order chi connectivity index (χ1) is 17.2. The number of aromatic nitrogens is 2. The summed E-state index contributed by atoms with van der Waals surface area (Å²) in [4.78, 5) is 14.6. The first kappa shape index (κ1) is 24.3. The molecule has 5 rings (SSSR count). The van der Waals surface area contributed by atoms with Crippen molar-refractivity contribution in [2.24, 2.45) is 0 Å². The van der Waals surface area contributed by atoms with Gasteiger partial charge in [-0.05, 0) is 75.3 Å². The Morgan fingerprint density at radius 2 is 1.86 bits per heavy atom. The molecule has 7 nitrogen and oxygen atoms in total. The van der Waals surface area contributed by atoms with E-state index in [1.165, 1.54) is 12.7 Å². The van der Waals surface area contributed by atoms with E-state index in [9.17, 15) is 4.79 Å². The number of benzene rings is 1. The Bertz CT molecular complexity index is 935. The summed E-state index contributed by atoms with van der Waals surface area (Å²) in [6.07, 6.45) is 11.4. The molecule has 1 aromatic carbocycles. The van der Waals surface area contributed by atoms with Gasteiger partial charge in [0.25, 0.3) is 0 Å². The van der Waals surface area contributed by atoms with Crippen LogP contribution in [0.2, 0.25) is 0 Å². The fourth-order valence-electron chi connectivity index (χ4n) is 6.25. The van der Waals surface area contributed by atoms with E-state index in [0.717, 1.165) is 70.1 Å². The van der Waals surface area contributed by atoms with E-state index in [4.69, 9.17) is 14.2 Å². The molecule has 3 fully saturated rings. The van der Waals surface area contributed by atoms with Crippen LogP contribution in [0.4, 0.5) is 4.79 Å². The van der Waals surface area contributed by atoms with Crippen molar-refractivity contribution in [3.05, 3.63) is 53.9 Å². The molecule has 2 saturated heterocycles. The van der Waals surface area contributed by atoms with Crippen LogP contribution in [0.5, 0.6) is 0 Å². The third-order valence-corrected chi connectivity index (χ3v) is 8.15. The number of likely N-dealkylation sites (tertiary alicyclic amines) is 1. The van der Waals surface area contributed by atoms with Gasteiger partial charge in [0.05, 0.1) is 25.9 Å². The summed E-state index contributed by atoms with van der Waals surface area (Å²) in [6, 6.07) is 12.9. The van der Waals surface area contributed by atoms with E-state index in [0.29, 0.717) is 19.1 Å². The van der Waals surface area contributed by atoms with Crippen LogP contribution in [-0.2, 0) is 14.2 Å². The molecule has 0 N–H and O–H groups in total. The average molecular weight is 482 g/mol. The quantitative estimate of drug-likeness (QED) is 0.534. The molecule has 0 spiro atoms. The highest BCUT2D eigenvalue weighted by atomic mass is 16.5. The number of nitrogens with zero attached hydrogens (tertiary/aromatic N) is 3. The van der Waals surface area contributed by atoms with Crippen molar-refractivity contribution in [1.29, 1.82) is 0 Å². The SMILES string of the molecule is COC(=O)N1CCCC(c2ccnn2C2CCCCO2)[C@@H]1COC1CCC(c2ccccc2)CC1. The smallest absolute Gasteiger partial charge is 0.409 e. The summed E-state index contributed by atoms with van der Waals surface area (Å²) >= 11 is 0. The Morgan fingerprint density at radius 1 is 1.03 bits per heavy atom. The molecule has 0 radical (unpaired) electrons. The Kier molecular flexibility index (Phi) is 8.04. The lowest BCUT2D eigenvalue weighted by atomic mass is 9.82. The number of hydrogen-bond acceptors (Lipinski definition) is 5. The highest BCUT2D eigenvalue weighted by Crippen LogP contribution is 2.38. The number of methoxy groups -OCH3 is 1. The summed E-state index contributed by atoms with van der Waals surface area (Å²) in [6.45, 7) is 2.00. The minimum absolute atomic E-state index is 0.0166. The van der Waals surface area contributed by atoms with Gasteiger partial charge in [-0.2, -0.15) is 5.10 Å². The average Bonchev–Trinajstić information content (AvgIpc) is 3.42. The van der Waals surface area contributed by atoms with Crippen LogP contribution >= 0.6 is 0 Å². The van der Waals surface area contributed by atoms with Crippen LogP contribution in [0.15, 0.2) is 42.6 Å². The second-order valence-corrected chi connectivity index (χ2v) is 10.2. The largest absolute Gasteiger partial charge is 0.453 e. The molecule has 35 heavy (non-hydrogen) atoms. The summed E-state index contributed by atoms with van der Waals surface area (Å²) < 4.78 is 19.8. The van der Waals surface area contributed by atoms with Crippen LogP contribution in [0.3, 0.4) is 0 Å². The molecule has 0 bridgehead atoms. The number of carbonyl (C=O) groups excluding carboxylic acids is 1. The summed E-state index contributed by atoms with van der Waals surface area (Å²) in [5.74, 6) is 0.770. The van der Waals surface area contributed by atoms with Gasteiger partial charge in [0, 0.05) is 31.0 Å². The first-order valence-electron chi connectivity index (χ1n) is 13.4. The summed E-state index contributed by atoms with van der Waals surface area (Å²) in [7, 11) is 1.47. The van der Waals surface area contributed by atoms with Gasteiger partial charge in [-0.1, -0.05) is 30.3 Å². The maximum Gasteiger partial charge on any atom is 0.409 e. The Balaban J connectivity index is 1.27. The molecular weight excluding hydrogens is 442 g/mol. The summed E-state index contributed by atoms with van der Waals surface area (Å²) in [5.41, 5.74) is 2.58. The fraction of sp³-hybridized carbons (Fsp3) is 0.643. The van der Waals surface area contributed by atoms with Crippen LogP contribution < -0.4 is 0 Å². The Hall–Kier alpha value is -2.38. The number of rotatable bonds is 6. The van der Waals surface area contributed by atoms with Crippen LogP contribution in [0.25, 0.3) is 0 Å². The van der Waals surface area contributed by atoms with E-state index in [1.807, 2.05) is 11.1 Å². The molecule has 1 aromatic heterocycles. The maximum atomic E-state index is 12.7. The van der Waals surface area contributed by atoms with Crippen molar-refractivity contribution in [2.45, 2.75) is 88.0 Å². The normalized spacial score (nSPS) is 29.6. The number of hydrogen-bond donors (Lipinski definition) is 0. The molecule has 7 heteroatoms. The van der Waals surface area contributed by atoms with Gasteiger partial charge < -0.3 is 19.1 Å². The molecule has 190 valence electrons. The number of carbonyl (C=O) groups is 1. The molecule has 3 atom stereocenters. The molecule has 2 aliphatic heterocycles. The lowest BCUT2D eigenvalue weighted by Crippen LogP contribution is -2.51. The Morgan fingerprint density at radius 3 is 2.60 bits per heavy atom. The lowest BCUT2D eigenvalue weighted by Gasteiger charge is -2.42. The van der Waals surface area contributed by atoms with Gasteiger partial charge in [0.1, 0.15) is 6.23 Å². The highest BCUT2D eigenvalue weighted by Gasteiger charge is 2.39. The topological polar surface area (TPSA) is 65.8 Å². The van der Waals surface area contributed by atoms with E-state index >= 15 is 0 Å². The standard InChI is InChI=1S/C28H39N3O4/c1-33-28(32)30-18-7-10-24(25-16-17-29-31(25)27-11-5-6-19-34-27)26(30)20-35-23-14-12-22(13-15-23)21-8-3-2-4-9-21/h2-4,8-9,16-17,22-24,26-27H,5-7,10-15,18-20H2,1H3/t22?,23?,24?,26-,27?/m0/s1. The second kappa shape index (κ2) is 11.6. The van der Waals surface area contributed by atoms with E-state index in [1.54, 1.807) is 0 Å². The molecule has 2 unspecified atom stereocenters. The third-order valence-electron chi connectivity index (χ3n) is 8.15. The van der Waals surface area contributed by atoms with Gasteiger partial charge in [0.2, 0.25) is 0 Å². The van der Waals surface area contributed by atoms with Crippen molar-refractivity contribution in [3.63, 3.8) is 0 Å². The minimum Gasteiger partial charge on any atom is -0.453 e. The van der Waals surface area contributed by atoms with Gasteiger partial charge >= 0.3 is 6.09 Å². The first-order valence-corrected chi connectivity index (χ1v) is 13.4. The molecule has 3 aliphatic rings. The lowest BCUT2D eigenvalue weighted by molar-refractivity contribution is -0.0467. The predicted octanol–water partition coefficient (Wildman–Crippen LogP) is 5.64. The van der Waals surface area contributed by atoms with Crippen molar-refractivity contribution in [2.75, 3.05) is 26.9 Å².